The fraction of sp³-hybridized carbons (Fsp3) is 0.444. The molecule has 2 bridgehead atoms. The summed E-state index contributed by atoms with van der Waals surface area (Å²) in [7, 11) is 0. The maximum Gasteiger partial charge on any atom is 0.506 e. The maximum atomic E-state index is 16.3. The van der Waals surface area contributed by atoms with Gasteiger partial charge in [0.15, 0.2) is 52.9 Å². The summed E-state index contributed by atoms with van der Waals surface area (Å²) in [6.45, 7) is 4.41. The third-order valence-corrected chi connectivity index (χ3v) is 12.5. The van der Waals surface area contributed by atoms with Crippen molar-refractivity contribution < 1.29 is 61.5 Å². The lowest BCUT2D eigenvalue weighted by molar-refractivity contribution is -0.185. The van der Waals surface area contributed by atoms with Gasteiger partial charge in [-0.15, -0.1) is 0 Å². The fourth-order valence-corrected chi connectivity index (χ4v) is 9.22. The lowest BCUT2D eigenvalue weighted by atomic mass is 10.0. The predicted molar refractivity (Wildman–Crippen MR) is 215 cm³/mol. The topological polar surface area (TPSA) is 292 Å². The number of aromatic nitrogens is 8. The van der Waals surface area contributed by atoms with Gasteiger partial charge in [-0.2, -0.15) is 4.98 Å². The molecule has 27 heteroatoms. The van der Waals surface area contributed by atoms with Crippen molar-refractivity contribution in [3.8, 4) is 0 Å². The van der Waals surface area contributed by atoms with Crippen molar-refractivity contribution in [1.29, 1.82) is 0 Å². The number of H-pyrrole nitrogens is 1. The SMILES string of the molecule is [C-]#[N+]CCOP(=S)(OC[C@H]1O[C@@H](n2cnc3c(=O)[nH]c(NC(=O)C(C)C)nc32)[C@H](OC(=O)O)[C@H]1F)O[C@H]1[C@H]2OC[C@]1(CO)O[C@H]2n1cnc2c(NC(=O)c3ccccc3)ncnc21. The van der Waals surface area contributed by atoms with E-state index in [-0.39, 0.29) is 53.9 Å². The molecule has 0 saturated carbocycles. The number of ether oxygens (including phenoxy) is 4. The number of carbonyl (C=O) groups excluding carboxylic acids is 2. The van der Waals surface area contributed by atoms with E-state index in [1.54, 1.807) is 44.2 Å². The van der Waals surface area contributed by atoms with Crippen LogP contribution in [0.2, 0.25) is 0 Å². The van der Waals surface area contributed by atoms with Crippen LogP contribution < -0.4 is 16.2 Å². The number of alkyl halides is 1. The van der Waals surface area contributed by atoms with Crippen LogP contribution in [0.1, 0.15) is 36.7 Å². The summed E-state index contributed by atoms with van der Waals surface area (Å²) >= 11 is 5.79. The Hall–Kier alpha value is -5.88. The highest BCUT2D eigenvalue weighted by Gasteiger charge is 2.64. The van der Waals surface area contributed by atoms with Gasteiger partial charge >= 0.3 is 12.9 Å². The number of fused-ring (bicyclic) bond motifs is 4. The number of amides is 2. The number of benzene rings is 1. The van der Waals surface area contributed by atoms with Gasteiger partial charge in [0.2, 0.25) is 18.4 Å². The van der Waals surface area contributed by atoms with Crippen LogP contribution in [0.4, 0.5) is 21.0 Å². The van der Waals surface area contributed by atoms with Crippen molar-refractivity contribution in [2.75, 3.05) is 43.6 Å². The number of aromatic amines is 1. The van der Waals surface area contributed by atoms with Gasteiger partial charge in [-0.1, -0.05) is 32.0 Å². The molecule has 9 atom stereocenters. The number of carboxylic acid groups (broad SMARTS) is 1. The Morgan fingerprint density at radius 2 is 1.84 bits per heavy atom. The van der Waals surface area contributed by atoms with Gasteiger partial charge in [0.1, 0.15) is 36.8 Å². The second-order valence-electron chi connectivity index (χ2n) is 14.6. The summed E-state index contributed by atoms with van der Waals surface area (Å²) in [5.74, 6) is -1.53. The van der Waals surface area contributed by atoms with E-state index in [4.69, 9.17) is 50.9 Å². The maximum absolute atomic E-state index is 16.3. The van der Waals surface area contributed by atoms with Crippen LogP contribution in [0.5, 0.6) is 0 Å². The van der Waals surface area contributed by atoms with Crippen LogP contribution in [0.3, 0.4) is 0 Å². The second-order valence-corrected chi connectivity index (χ2v) is 17.6. The highest BCUT2D eigenvalue weighted by atomic mass is 32.5. The molecule has 0 aliphatic carbocycles. The van der Waals surface area contributed by atoms with Crippen LogP contribution >= 0.6 is 6.72 Å². The Balaban J connectivity index is 1.03. The minimum atomic E-state index is -4.07. The molecule has 332 valence electrons. The van der Waals surface area contributed by atoms with Crippen molar-refractivity contribution in [3.63, 3.8) is 0 Å². The molecule has 63 heavy (non-hydrogen) atoms. The molecule has 3 aliphatic heterocycles. The molecule has 0 radical (unpaired) electrons. The molecular weight excluding hydrogens is 876 g/mol. The third-order valence-electron chi connectivity index (χ3n) is 10.2. The number of nitrogens with zero attached hydrogens (tertiary/aromatic N) is 8. The Morgan fingerprint density at radius 1 is 1.10 bits per heavy atom. The molecule has 24 nitrogen and oxygen atoms in total. The molecule has 4 aromatic heterocycles. The number of anilines is 2. The van der Waals surface area contributed by atoms with E-state index in [0.717, 1.165) is 10.9 Å². The van der Waals surface area contributed by atoms with Crippen LogP contribution in [0.25, 0.3) is 27.2 Å². The minimum Gasteiger partial charge on any atom is -0.450 e. The Morgan fingerprint density at radius 3 is 2.56 bits per heavy atom. The summed E-state index contributed by atoms with van der Waals surface area (Å²) in [4.78, 5) is 76.9. The lowest BCUT2D eigenvalue weighted by Crippen LogP contribution is -2.45. The smallest absolute Gasteiger partial charge is 0.450 e. The Kier molecular flexibility index (Phi) is 12.3. The molecule has 1 unspecified atom stereocenters. The van der Waals surface area contributed by atoms with Crippen LogP contribution in [-0.2, 0) is 49.1 Å². The average Bonchev–Trinajstić information content (AvgIpc) is 4.09. The number of carbonyl (C=O) groups is 3. The third kappa shape index (κ3) is 8.49. The quantitative estimate of drug-likeness (QED) is 0.0411. The molecule has 2 amide bonds. The Labute approximate surface area is 359 Å². The average molecular weight is 914 g/mol. The molecule has 1 aromatic carbocycles. The molecule has 5 N–H and O–H groups in total. The van der Waals surface area contributed by atoms with Crippen LogP contribution in [-0.4, -0.2) is 136 Å². The van der Waals surface area contributed by atoms with E-state index in [0.29, 0.717) is 5.56 Å². The molecule has 0 spiro atoms. The van der Waals surface area contributed by atoms with Crippen molar-refractivity contribution in [2.45, 2.75) is 62.5 Å². The van der Waals surface area contributed by atoms with E-state index >= 15 is 4.39 Å². The number of imidazole rings is 2. The highest BCUT2D eigenvalue weighted by molar-refractivity contribution is 8.07. The molecule has 5 aromatic rings. The monoisotopic (exact) mass is 913 g/mol. The van der Waals surface area contributed by atoms with Gasteiger partial charge in [-0.25, -0.2) is 35.7 Å². The van der Waals surface area contributed by atoms with Crippen molar-refractivity contribution >= 4 is 70.6 Å². The van der Waals surface area contributed by atoms with Crippen molar-refractivity contribution in [2.24, 2.45) is 5.92 Å². The first-order valence-corrected chi connectivity index (χ1v) is 21.6. The van der Waals surface area contributed by atoms with Crippen LogP contribution in [0.15, 0.2) is 54.1 Å². The van der Waals surface area contributed by atoms with E-state index < -0.39 is 98.0 Å². The first-order chi connectivity index (χ1) is 30.2. The summed E-state index contributed by atoms with van der Waals surface area (Å²) in [5, 5.41) is 25.5. The number of aliphatic hydroxyl groups excluding tert-OH is 1. The largest absolute Gasteiger partial charge is 0.506 e. The first-order valence-electron chi connectivity index (χ1n) is 19.1. The van der Waals surface area contributed by atoms with Gasteiger partial charge in [-0.3, -0.25) is 38.3 Å². The highest BCUT2D eigenvalue weighted by Crippen LogP contribution is 2.58. The second kappa shape index (κ2) is 17.7. The standard InChI is InChI=1S/C36H37FN11O13PS/c1-17(2)29(50)45-34-44-28-22(31(52)46-34)42-16-48(28)32-23(59-35(53)54)20(37)19(58-32)11-57-62(63,56-10-9-38-3)61-25-24-33(60-36(25,12-49)13-55-24)47-15-41-21-26(39-14-40-27(21)47)43-30(51)18-7-5-4-6-8-18/h4-8,14-17,19-20,23-25,32-33,49H,9-13H2,1-2H3,(H,53,54)(H,39,40,43,51)(H2,44,45,46,50,52)/t19-,20+,23-,24-,25+,32-,33-,36+,62?/m1/s1. The molecule has 3 fully saturated rings. The lowest BCUT2D eigenvalue weighted by Gasteiger charge is -2.31. The summed E-state index contributed by atoms with van der Waals surface area (Å²) in [6.07, 6.45) is -8.74. The zero-order valence-corrected chi connectivity index (χ0v) is 34.7. The zero-order valence-electron chi connectivity index (χ0n) is 33.0. The molecular formula is C36H37FN11O13PS. The van der Waals surface area contributed by atoms with Gasteiger partial charge in [0.05, 0.1) is 32.5 Å². The van der Waals surface area contributed by atoms with E-state index in [9.17, 15) is 29.4 Å². The number of rotatable bonds is 16. The number of hydrogen-bond acceptors (Lipinski definition) is 18. The summed E-state index contributed by atoms with van der Waals surface area (Å²) in [5.41, 5.74) is -1.93. The Bertz CT molecular complexity index is 2700. The predicted octanol–water partition coefficient (Wildman–Crippen LogP) is 2.33. The van der Waals surface area contributed by atoms with E-state index in [1.807, 2.05) is 0 Å². The molecule has 3 aliphatic rings. The number of aliphatic hydroxyl groups is 1. The van der Waals surface area contributed by atoms with Gasteiger partial charge in [0, 0.05) is 11.5 Å². The van der Waals surface area contributed by atoms with E-state index in [1.165, 1.54) is 17.2 Å². The molecule has 7 heterocycles. The van der Waals surface area contributed by atoms with Crippen molar-refractivity contribution in [1.82, 2.24) is 39.0 Å². The molecule has 3 saturated heterocycles. The van der Waals surface area contributed by atoms with Gasteiger partial charge in [0.25, 0.3) is 11.5 Å². The number of nitrogens with one attached hydrogen (secondary N) is 3. The number of hydrogen-bond donors (Lipinski definition) is 5. The molecule has 8 rings (SSSR count). The van der Waals surface area contributed by atoms with E-state index in [2.05, 4.69) is 45.4 Å². The van der Waals surface area contributed by atoms with Crippen molar-refractivity contribution in [3.05, 3.63) is 76.6 Å². The van der Waals surface area contributed by atoms with Gasteiger partial charge in [-0.05, 0) is 23.9 Å². The van der Waals surface area contributed by atoms with Crippen LogP contribution in [0, 0.1) is 12.5 Å². The summed E-state index contributed by atoms with van der Waals surface area (Å²) < 4.78 is 60.4. The van der Waals surface area contributed by atoms with Gasteiger partial charge < -0.3 is 48.4 Å². The number of halogens is 1. The fourth-order valence-electron chi connectivity index (χ4n) is 7.12. The minimum absolute atomic E-state index is 0.114. The normalized spacial score (nSPS) is 26.2. The summed E-state index contributed by atoms with van der Waals surface area (Å²) in [6, 6.07) is 8.47. The first kappa shape index (κ1) is 43.8. The zero-order chi connectivity index (χ0) is 44.6.